The summed E-state index contributed by atoms with van der Waals surface area (Å²) in [6.45, 7) is 2.05. The zero-order chi connectivity index (χ0) is 22.1. The van der Waals surface area contributed by atoms with Crippen LogP contribution in [0.5, 0.6) is 0 Å². The third-order valence-corrected chi connectivity index (χ3v) is 5.47. The first kappa shape index (κ1) is 20.4. The zero-order valence-corrected chi connectivity index (χ0v) is 17.0. The van der Waals surface area contributed by atoms with Crippen molar-refractivity contribution < 1.29 is 17.6 Å². The van der Waals surface area contributed by atoms with Gasteiger partial charge in [-0.3, -0.25) is 9.88 Å². The molecule has 0 amide bonds. The standard InChI is InChI=1S/C24H19F3N4O/c25-24(26,27)19-3-1-2-17(12-19)22-5-4-20(32-22)15-31-11-8-21-18(14-31)13-29-23(30-21)16-6-9-28-10-7-16/h1-7,9-10,12-13H,8,11,14-15H2. The van der Waals surface area contributed by atoms with E-state index in [1.54, 1.807) is 24.5 Å². The number of fused-ring (bicyclic) bond motifs is 1. The Morgan fingerprint density at radius 2 is 1.84 bits per heavy atom. The molecule has 5 nitrogen and oxygen atoms in total. The van der Waals surface area contributed by atoms with Gasteiger partial charge >= 0.3 is 6.18 Å². The molecule has 1 aliphatic heterocycles. The second-order valence-corrected chi connectivity index (χ2v) is 7.71. The van der Waals surface area contributed by atoms with E-state index >= 15 is 0 Å². The Labute approximate surface area is 182 Å². The van der Waals surface area contributed by atoms with Crippen LogP contribution < -0.4 is 0 Å². The molecule has 0 bridgehead atoms. The van der Waals surface area contributed by atoms with Crippen LogP contribution in [0.15, 0.2) is 71.5 Å². The average molecular weight is 436 g/mol. The van der Waals surface area contributed by atoms with Crippen molar-refractivity contribution in [3.8, 4) is 22.7 Å². The van der Waals surface area contributed by atoms with Gasteiger partial charge in [0.2, 0.25) is 0 Å². The van der Waals surface area contributed by atoms with Crippen LogP contribution in [0.4, 0.5) is 13.2 Å². The highest BCUT2D eigenvalue weighted by atomic mass is 19.4. The molecular weight excluding hydrogens is 417 g/mol. The lowest BCUT2D eigenvalue weighted by molar-refractivity contribution is -0.137. The van der Waals surface area contributed by atoms with Crippen LogP contribution in [0.25, 0.3) is 22.7 Å². The lowest BCUT2D eigenvalue weighted by Crippen LogP contribution is -2.30. The fraction of sp³-hybridized carbons (Fsp3) is 0.208. The van der Waals surface area contributed by atoms with Gasteiger partial charge < -0.3 is 4.42 Å². The van der Waals surface area contributed by atoms with E-state index in [4.69, 9.17) is 9.40 Å². The summed E-state index contributed by atoms with van der Waals surface area (Å²) in [5, 5.41) is 0. The highest BCUT2D eigenvalue weighted by Crippen LogP contribution is 2.33. The topological polar surface area (TPSA) is 55.1 Å². The number of rotatable bonds is 4. The van der Waals surface area contributed by atoms with Crippen molar-refractivity contribution in [2.75, 3.05) is 6.54 Å². The van der Waals surface area contributed by atoms with Crippen LogP contribution in [0.1, 0.15) is 22.6 Å². The van der Waals surface area contributed by atoms with Gasteiger partial charge in [0.15, 0.2) is 5.82 Å². The fourth-order valence-corrected chi connectivity index (χ4v) is 3.84. The van der Waals surface area contributed by atoms with E-state index in [0.29, 0.717) is 36.0 Å². The lowest BCUT2D eigenvalue weighted by atomic mass is 10.1. The molecule has 0 saturated heterocycles. The van der Waals surface area contributed by atoms with Gasteiger partial charge in [0, 0.05) is 54.8 Å². The van der Waals surface area contributed by atoms with E-state index in [0.717, 1.165) is 41.9 Å². The minimum atomic E-state index is -4.38. The molecule has 3 aromatic heterocycles. The minimum Gasteiger partial charge on any atom is -0.460 e. The Hall–Kier alpha value is -3.52. The summed E-state index contributed by atoms with van der Waals surface area (Å²) in [5.74, 6) is 1.82. The highest BCUT2D eigenvalue weighted by molar-refractivity contribution is 5.59. The van der Waals surface area contributed by atoms with Gasteiger partial charge in [0.1, 0.15) is 11.5 Å². The molecule has 162 valence electrons. The number of pyridine rings is 1. The van der Waals surface area contributed by atoms with Crippen LogP contribution in [-0.4, -0.2) is 26.4 Å². The Morgan fingerprint density at radius 1 is 1.00 bits per heavy atom. The summed E-state index contributed by atoms with van der Waals surface area (Å²) < 4.78 is 44.8. The smallest absolute Gasteiger partial charge is 0.416 e. The molecule has 0 fully saturated rings. The third-order valence-electron chi connectivity index (χ3n) is 5.47. The van der Waals surface area contributed by atoms with E-state index < -0.39 is 11.7 Å². The van der Waals surface area contributed by atoms with E-state index in [1.807, 2.05) is 24.4 Å². The van der Waals surface area contributed by atoms with Gasteiger partial charge in [0.25, 0.3) is 0 Å². The monoisotopic (exact) mass is 436 g/mol. The van der Waals surface area contributed by atoms with Gasteiger partial charge in [-0.2, -0.15) is 13.2 Å². The summed E-state index contributed by atoms with van der Waals surface area (Å²) in [4.78, 5) is 15.4. The zero-order valence-electron chi connectivity index (χ0n) is 17.0. The summed E-state index contributed by atoms with van der Waals surface area (Å²) in [6, 6.07) is 12.5. The van der Waals surface area contributed by atoms with Crippen molar-refractivity contribution in [1.82, 2.24) is 19.9 Å². The number of hydrogen-bond acceptors (Lipinski definition) is 5. The van der Waals surface area contributed by atoms with Crippen molar-refractivity contribution >= 4 is 0 Å². The summed E-state index contributed by atoms with van der Waals surface area (Å²) in [6.07, 6.45) is 1.71. The molecule has 0 radical (unpaired) electrons. The molecule has 1 aliphatic rings. The third kappa shape index (κ3) is 4.27. The highest BCUT2D eigenvalue weighted by Gasteiger charge is 2.30. The van der Waals surface area contributed by atoms with Crippen LogP contribution in [-0.2, 0) is 25.7 Å². The quantitative estimate of drug-likeness (QED) is 0.430. The molecule has 0 atom stereocenters. The van der Waals surface area contributed by atoms with Gasteiger partial charge in [-0.05, 0) is 36.4 Å². The largest absolute Gasteiger partial charge is 0.460 e. The molecule has 4 aromatic rings. The number of benzene rings is 1. The van der Waals surface area contributed by atoms with Gasteiger partial charge in [0.05, 0.1) is 17.8 Å². The first-order valence-corrected chi connectivity index (χ1v) is 10.2. The molecule has 5 rings (SSSR count). The molecule has 1 aromatic carbocycles. The van der Waals surface area contributed by atoms with Crippen LogP contribution in [0.2, 0.25) is 0 Å². The van der Waals surface area contributed by atoms with Gasteiger partial charge in [-0.25, -0.2) is 9.97 Å². The maximum Gasteiger partial charge on any atom is 0.416 e. The Morgan fingerprint density at radius 3 is 2.66 bits per heavy atom. The second kappa shape index (κ2) is 8.20. The first-order valence-electron chi connectivity index (χ1n) is 10.2. The minimum absolute atomic E-state index is 0.409. The molecule has 4 heterocycles. The van der Waals surface area contributed by atoms with Crippen molar-refractivity contribution in [3.05, 3.63) is 89.7 Å². The van der Waals surface area contributed by atoms with E-state index in [2.05, 4.69) is 14.9 Å². The van der Waals surface area contributed by atoms with Crippen molar-refractivity contribution in [3.63, 3.8) is 0 Å². The molecular formula is C24H19F3N4O. The predicted molar refractivity (Wildman–Crippen MR) is 112 cm³/mol. The Bertz CT molecular complexity index is 1240. The summed E-state index contributed by atoms with van der Waals surface area (Å²) in [7, 11) is 0. The lowest BCUT2D eigenvalue weighted by Gasteiger charge is -2.27. The van der Waals surface area contributed by atoms with Crippen molar-refractivity contribution in [1.29, 1.82) is 0 Å². The maximum atomic E-state index is 13.0. The molecule has 32 heavy (non-hydrogen) atoms. The molecule has 0 spiro atoms. The summed E-state index contributed by atoms with van der Waals surface area (Å²) in [5.41, 5.74) is 2.76. The number of nitrogens with zero attached hydrogens (tertiary/aromatic N) is 4. The molecule has 0 saturated carbocycles. The average Bonchev–Trinajstić information content (AvgIpc) is 3.27. The summed E-state index contributed by atoms with van der Waals surface area (Å²) >= 11 is 0. The molecule has 0 aliphatic carbocycles. The molecule has 8 heteroatoms. The SMILES string of the molecule is FC(F)(F)c1cccc(-c2ccc(CN3CCc4nc(-c5ccncc5)ncc4C3)o2)c1. The fourth-order valence-electron chi connectivity index (χ4n) is 3.84. The Balaban J connectivity index is 1.29. The Kier molecular flexibility index (Phi) is 5.22. The second-order valence-electron chi connectivity index (χ2n) is 7.71. The van der Waals surface area contributed by atoms with Crippen LogP contribution in [0, 0.1) is 0 Å². The number of alkyl halides is 3. The predicted octanol–water partition coefficient (Wildman–Crippen LogP) is 5.38. The number of furan rings is 1. The van der Waals surface area contributed by atoms with Crippen molar-refractivity contribution in [2.45, 2.75) is 25.7 Å². The number of aromatic nitrogens is 3. The normalized spacial score (nSPS) is 14.3. The number of hydrogen-bond donors (Lipinski definition) is 0. The molecule has 0 N–H and O–H groups in total. The van der Waals surface area contributed by atoms with Gasteiger partial charge in [-0.15, -0.1) is 0 Å². The van der Waals surface area contributed by atoms with Crippen LogP contribution in [0.3, 0.4) is 0 Å². The van der Waals surface area contributed by atoms with Gasteiger partial charge in [-0.1, -0.05) is 12.1 Å². The first-order chi connectivity index (χ1) is 15.5. The number of halogens is 3. The van der Waals surface area contributed by atoms with E-state index in [-0.39, 0.29) is 0 Å². The molecule has 0 unspecified atom stereocenters. The maximum absolute atomic E-state index is 13.0. The van der Waals surface area contributed by atoms with E-state index in [9.17, 15) is 13.2 Å². The van der Waals surface area contributed by atoms with Crippen molar-refractivity contribution in [2.24, 2.45) is 0 Å². The van der Waals surface area contributed by atoms with Crippen LogP contribution >= 0.6 is 0 Å². The van der Waals surface area contributed by atoms with E-state index in [1.165, 1.54) is 6.07 Å².